The standard InChI is InChI=1S/C11H12N2O2/c1-13-6-5-8-7-9(3-4-10(8)13)12-11(14)15-2/h3-7H,1-2H3,(H,12,14). The van der Waals surface area contributed by atoms with Gasteiger partial charge in [0.1, 0.15) is 0 Å². The van der Waals surface area contributed by atoms with Gasteiger partial charge in [0.15, 0.2) is 0 Å². The molecule has 0 radical (unpaired) electrons. The molecule has 4 heteroatoms. The van der Waals surface area contributed by atoms with Gasteiger partial charge in [-0.05, 0) is 24.3 Å². The molecule has 0 unspecified atom stereocenters. The molecule has 0 saturated carbocycles. The Morgan fingerprint density at radius 2 is 2.20 bits per heavy atom. The van der Waals surface area contributed by atoms with Crippen LogP contribution in [0.2, 0.25) is 0 Å². The molecular weight excluding hydrogens is 192 g/mol. The zero-order valence-electron chi connectivity index (χ0n) is 8.65. The van der Waals surface area contributed by atoms with Crippen LogP contribution in [-0.2, 0) is 11.8 Å². The first-order valence-electron chi connectivity index (χ1n) is 4.61. The first-order valence-corrected chi connectivity index (χ1v) is 4.61. The lowest BCUT2D eigenvalue weighted by Gasteiger charge is -2.03. The topological polar surface area (TPSA) is 43.3 Å². The molecule has 0 atom stereocenters. The number of nitrogens with zero attached hydrogens (tertiary/aromatic N) is 1. The molecule has 15 heavy (non-hydrogen) atoms. The van der Waals surface area contributed by atoms with Crippen LogP contribution < -0.4 is 5.32 Å². The first kappa shape index (κ1) is 9.58. The van der Waals surface area contributed by atoms with Gasteiger partial charge in [0.05, 0.1) is 7.11 Å². The van der Waals surface area contributed by atoms with Crippen LogP contribution in [-0.4, -0.2) is 17.8 Å². The van der Waals surface area contributed by atoms with Crippen molar-refractivity contribution >= 4 is 22.7 Å². The summed E-state index contributed by atoms with van der Waals surface area (Å²) in [6.07, 6.45) is 1.53. The molecule has 78 valence electrons. The summed E-state index contributed by atoms with van der Waals surface area (Å²) in [6, 6.07) is 7.71. The van der Waals surface area contributed by atoms with Gasteiger partial charge >= 0.3 is 6.09 Å². The lowest BCUT2D eigenvalue weighted by atomic mass is 10.2. The minimum atomic E-state index is -0.453. The van der Waals surface area contributed by atoms with Gasteiger partial charge in [0.25, 0.3) is 0 Å². The average Bonchev–Trinajstić information content (AvgIpc) is 2.60. The molecule has 1 aromatic heterocycles. The summed E-state index contributed by atoms with van der Waals surface area (Å²) >= 11 is 0. The van der Waals surface area contributed by atoms with Gasteiger partial charge < -0.3 is 9.30 Å². The fourth-order valence-electron chi connectivity index (χ4n) is 1.53. The van der Waals surface area contributed by atoms with E-state index in [0.29, 0.717) is 0 Å². The number of fused-ring (bicyclic) bond motifs is 1. The van der Waals surface area contributed by atoms with Gasteiger partial charge in [0, 0.05) is 29.8 Å². The van der Waals surface area contributed by atoms with E-state index in [2.05, 4.69) is 10.1 Å². The molecule has 1 amide bonds. The minimum Gasteiger partial charge on any atom is -0.453 e. The number of carbonyl (C=O) groups excluding carboxylic acids is 1. The number of methoxy groups -OCH3 is 1. The zero-order valence-corrected chi connectivity index (χ0v) is 8.65. The molecule has 2 aromatic rings. The van der Waals surface area contributed by atoms with E-state index in [9.17, 15) is 4.79 Å². The van der Waals surface area contributed by atoms with E-state index >= 15 is 0 Å². The summed E-state index contributed by atoms with van der Waals surface area (Å²) in [5.74, 6) is 0. The Kier molecular flexibility index (Phi) is 2.33. The third-order valence-electron chi connectivity index (χ3n) is 2.32. The SMILES string of the molecule is COC(=O)Nc1ccc2c(ccn2C)c1. The molecule has 1 N–H and O–H groups in total. The van der Waals surface area contributed by atoms with Crippen LogP contribution in [0, 0.1) is 0 Å². The minimum absolute atomic E-state index is 0.453. The van der Waals surface area contributed by atoms with E-state index in [0.717, 1.165) is 16.6 Å². The molecule has 1 heterocycles. The van der Waals surface area contributed by atoms with Crippen molar-refractivity contribution in [2.24, 2.45) is 7.05 Å². The molecule has 1 aromatic carbocycles. The van der Waals surface area contributed by atoms with E-state index in [1.165, 1.54) is 7.11 Å². The fourth-order valence-corrected chi connectivity index (χ4v) is 1.53. The predicted octanol–water partition coefficient (Wildman–Crippen LogP) is 2.36. The third kappa shape index (κ3) is 1.79. The maximum atomic E-state index is 11.0. The van der Waals surface area contributed by atoms with Crippen molar-refractivity contribution in [3.05, 3.63) is 30.5 Å². The molecule has 0 saturated heterocycles. The zero-order chi connectivity index (χ0) is 10.8. The van der Waals surface area contributed by atoms with Crippen LogP contribution in [0.25, 0.3) is 10.9 Å². The summed E-state index contributed by atoms with van der Waals surface area (Å²) in [5.41, 5.74) is 1.87. The highest BCUT2D eigenvalue weighted by molar-refractivity contribution is 5.90. The Labute approximate surface area is 87.5 Å². The van der Waals surface area contributed by atoms with Crippen molar-refractivity contribution in [2.75, 3.05) is 12.4 Å². The molecular formula is C11H12N2O2. The summed E-state index contributed by atoms with van der Waals surface area (Å²) < 4.78 is 6.54. The second-order valence-corrected chi connectivity index (χ2v) is 3.32. The number of nitrogens with one attached hydrogen (secondary N) is 1. The lowest BCUT2D eigenvalue weighted by Crippen LogP contribution is -2.10. The van der Waals surface area contributed by atoms with Crippen LogP contribution in [0.4, 0.5) is 10.5 Å². The first-order chi connectivity index (χ1) is 7.20. The van der Waals surface area contributed by atoms with Crippen molar-refractivity contribution in [3.8, 4) is 0 Å². The van der Waals surface area contributed by atoms with Crippen LogP contribution >= 0.6 is 0 Å². The maximum Gasteiger partial charge on any atom is 0.411 e. The molecule has 0 aliphatic carbocycles. The van der Waals surface area contributed by atoms with E-state index < -0.39 is 6.09 Å². The summed E-state index contributed by atoms with van der Waals surface area (Å²) in [4.78, 5) is 11.0. The second kappa shape index (κ2) is 3.65. The number of anilines is 1. The fraction of sp³-hybridized carbons (Fsp3) is 0.182. The lowest BCUT2D eigenvalue weighted by molar-refractivity contribution is 0.187. The van der Waals surface area contributed by atoms with E-state index in [1.807, 2.05) is 42.1 Å². The summed E-state index contributed by atoms with van der Waals surface area (Å²) in [7, 11) is 3.33. The van der Waals surface area contributed by atoms with Gasteiger partial charge in [-0.2, -0.15) is 0 Å². The summed E-state index contributed by atoms with van der Waals surface area (Å²) in [5, 5.41) is 3.71. The highest BCUT2D eigenvalue weighted by Gasteiger charge is 2.02. The van der Waals surface area contributed by atoms with Crippen molar-refractivity contribution in [1.29, 1.82) is 0 Å². The highest BCUT2D eigenvalue weighted by atomic mass is 16.5. The Morgan fingerprint density at radius 3 is 2.93 bits per heavy atom. The van der Waals surface area contributed by atoms with Crippen molar-refractivity contribution in [1.82, 2.24) is 4.57 Å². The number of aromatic nitrogens is 1. The Hall–Kier alpha value is -1.97. The Morgan fingerprint density at radius 1 is 1.40 bits per heavy atom. The summed E-state index contributed by atoms with van der Waals surface area (Å²) in [6.45, 7) is 0. The highest BCUT2D eigenvalue weighted by Crippen LogP contribution is 2.19. The van der Waals surface area contributed by atoms with Crippen molar-refractivity contribution in [2.45, 2.75) is 0 Å². The molecule has 0 aliphatic rings. The van der Waals surface area contributed by atoms with Crippen LogP contribution in [0.5, 0.6) is 0 Å². The molecule has 0 fully saturated rings. The van der Waals surface area contributed by atoms with Crippen LogP contribution in [0.15, 0.2) is 30.5 Å². The van der Waals surface area contributed by atoms with Crippen LogP contribution in [0.1, 0.15) is 0 Å². The molecule has 2 rings (SSSR count). The number of amides is 1. The number of hydrogen-bond donors (Lipinski definition) is 1. The maximum absolute atomic E-state index is 11.0. The number of aryl methyl sites for hydroxylation is 1. The normalized spacial score (nSPS) is 10.3. The van der Waals surface area contributed by atoms with Gasteiger partial charge in [-0.3, -0.25) is 5.32 Å². The number of rotatable bonds is 1. The van der Waals surface area contributed by atoms with E-state index in [-0.39, 0.29) is 0 Å². The molecule has 4 nitrogen and oxygen atoms in total. The Bertz CT molecular complexity index is 502. The van der Waals surface area contributed by atoms with Gasteiger partial charge in [0.2, 0.25) is 0 Å². The van der Waals surface area contributed by atoms with E-state index in [1.54, 1.807) is 0 Å². The average molecular weight is 204 g/mol. The van der Waals surface area contributed by atoms with Gasteiger partial charge in [-0.25, -0.2) is 4.79 Å². The smallest absolute Gasteiger partial charge is 0.411 e. The molecule has 0 aliphatic heterocycles. The molecule has 0 bridgehead atoms. The number of hydrogen-bond acceptors (Lipinski definition) is 2. The van der Waals surface area contributed by atoms with Crippen LogP contribution in [0.3, 0.4) is 0 Å². The van der Waals surface area contributed by atoms with Crippen molar-refractivity contribution < 1.29 is 9.53 Å². The van der Waals surface area contributed by atoms with Crippen molar-refractivity contribution in [3.63, 3.8) is 0 Å². The quantitative estimate of drug-likeness (QED) is 0.774. The monoisotopic (exact) mass is 204 g/mol. The third-order valence-corrected chi connectivity index (χ3v) is 2.32. The van der Waals surface area contributed by atoms with E-state index in [4.69, 9.17) is 0 Å². The van der Waals surface area contributed by atoms with Gasteiger partial charge in [-0.15, -0.1) is 0 Å². The Balaban J connectivity index is 2.35. The number of benzene rings is 1. The second-order valence-electron chi connectivity index (χ2n) is 3.32. The molecule has 0 spiro atoms. The largest absolute Gasteiger partial charge is 0.453 e. The number of carbonyl (C=O) groups is 1. The predicted molar refractivity (Wildman–Crippen MR) is 58.9 cm³/mol. The number of ether oxygens (including phenoxy) is 1. The van der Waals surface area contributed by atoms with Gasteiger partial charge in [-0.1, -0.05) is 0 Å².